The minimum Gasteiger partial charge on any atom is -0.384 e. The summed E-state index contributed by atoms with van der Waals surface area (Å²) in [5.74, 6) is 1.86. The Balaban J connectivity index is 1.63. The molecule has 2 N–H and O–H groups in total. The van der Waals surface area contributed by atoms with Crippen LogP contribution in [0.3, 0.4) is 0 Å². The average Bonchev–Trinajstić information content (AvgIpc) is 3.14. The molecule has 2 aliphatic rings. The van der Waals surface area contributed by atoms with Gasteiger partial charge in [0.2, 0.25) is 0 Å². The number of pyridine rings is 1. The van der Waals surface area contributed by atoms with Gasteiger partial charge in [0.05, 0.1) is 18.1 Å². The maximum absolute atomic E-state index is 5.82. The highest BCUT2D eigenvalue weighted by Crippen LogP contribution is 2.43. The maximum Gasteiger partial charge on any atom is 0.276 e. The van der Waals surface area contributed by atoms with Crippen molar-refractivity contribution in [3.05, 3.63) is 24.0 Å². The van der Waals surface area contributed by atoms with Crippen molar-refractivity contribution in [2.75, 3.05) is 5.73 Å². The fourth-order valence-corrected chi connectivity index (χ4v) is 2.97. The minimum atomic E-state index is 0.254. The summed E-state index contributed by atoms with van der Waals surface area (Å²) in [6, 6.07) is 5.36. The first-order valence-electron chi connectivity index (χ1n) is 6.51. The molecule has 4 heterocycles. The van der Waals surface area contributed by atoms with Gasteiger partial charge in [-0.25, -0.2) is 4.98 Å². The van der Waals surface area contributed by atoms with Gasteiger partial charge in [0, 0.05) is 0 Å². The largest absolute Gasteiger partial charge is 0.384 e. The van der Waals surface area contributed by atoms with Crippen molar-refractivity contribution in [3.8, 4) is 11.6 Å². The minimum absolute atomic E-state index is 0.254. The fraction of sp³-hybridized carbons (Fsp3) is 0.462. The number of ether oxygens (including phenoxy) is 1. The van der Waals surface area contributed by atoms with Crippen molar-refractivity contribution >= 4 is 5.82 Å². The smallest absolute Gasteiger partial charge is 0.276 e. The molecule has 4 rings (SSSR count). The lowest BCUT2D eigenvalue weighted by Gasteiger charge is -2.13. The molecule has 0 amide bonds. The van der Waals surface area contributed by atoms with Crippen LogP contribution in [0, 0.1) is 0 Å². The van der Waals surface area contributed by atoms with Crippen molar-refractivity contribution in [2.45, 2.75) is 37.4 Å². The third-order valence-corrected chi connectivity index (χ3v) is 3.87. The van der Waals surface area contributed by atoms with Crippen LogP contribution in [-0.2, 0) is 4.74 Å². The topological polar surface area (TPSA) is 87.1 Å². The summed E-state index contributed by atoms with van der Waals surface area (Å²) in [4.78, 5) is 8.63. The van der Waals surface area contributed by atoms with E-state index < -0.39 is 0 Å². The molecule has 0 aromatic carbocycles. The first-order valence-corrected chi connectivity index (χ1v) is 6.51. The number of nitrogens with two attached hydrogens (primary N) is 1. The molecular weight excluding hydrogens is 244 g/mol. The van der Waals surface area contributed by atoms with Gasteiger partial charge in [-0.3, -0.25) is 0 Å². The van der Waals surface area contributed by atoms with E-state index in [9.17, 15) is 0 Å². The Morgan fingerprint density at radius 3 is 2.89 bits per heavy atom. The Bertz CT molecular complexity index is 612. The number of rotatable bonds is 2. The monoisotopic (exact) mass is 258 g/mol. The van der Waals surface area contributed by atoms with Crippen LogP contribution in [0.15, 0.2) is 22.7 Å². The molecule has 6 heteroatoms. The lowest BCUT2D eigenvalue weighted by molar-refractivity contribution is 0.0996. The Hall–Kier alpha value is -1.95. The molecule has 0 saturated carbocycles. The van der Waals surface area contributed by atoms with Gasteiger partial charge >= 0.3 is 0 Å². The summed E-state index contributed by atoms with van der Waals surface area (Å²) < 4.78 is 11.1. The molecule has 0 aliphatic carbocycles. The van der Waals surface area contributed by atoms with Gasteiger partial charge in [0.1, 0.15) is 11.5 Å². The van der Waals surface area contributed by atoms with Gasteiger partial charge in [-0.2, -0.15) is 4.98 Å². The summed E-state index contributed by atoms with van der Waals surface area (Å²) in [6.07, 6.45) is 3.87. The van der Waals surface area contributed by atoms with Gasteiger partial charge in [0.15, 0.2) is 5.82 Å². The van der Waals surface area contributed by atoms with Crippen molar-refractivity contribution < 1.29 is 9.26 Å². The van der Waals surface area contributed by atoms with Gasteiger partial charge in [0.25, 0.3) is 5.89 Å². The first-order chi connectivity index (χ1) is 9.29. The summed E-state index contributed by atoms with van der Waals surface area (Å²) >= 11 is 0. The van der Waals surface area contributed by atoms with Crippen molar-refractivity contribution in [1.29, 1.82) is 0 Å². The van der Waals surface area contributed by atoms with Crippen molar-refractivity contribution in [2.24, 2.45) is 0 Å². The molecule has 2 bridgehead atoms. The molecule has 0 radical (unpaired) electrons. The van der Waals surface area contributed by atoms with Crippen LogP contribution >= 0.6 is 0 Å². The normalized spacial score (nSPS) is 28.9. The molecule has 19 heavy (non-hydrogen) atoms. The number of nitrogens with zero attached hydrogens (tertiary/aromatic N) is 3. The van der Waals surface area contributed by atoms with E-state index in [4.69, 9.17) is 15.0 Å². The standard InChI is InChI=1S/C13H14N4O2/c14-11-3-1-2-9(15-11)13-16-12(17-19-13)8-6-7-4-5-10(8)18-7/h1-3,7-8,10H,4-6H2,(H2,14,15). The van der Waals surface area contributed by atoms with E-state index in [0.29, 0.717) is 23.5 Å². The Morgan fingerprint density at radius 1 is 1.21 bits per heavy atom. The highest BCUT2D eigenvalue weighted by molar-refractivity contribution is 5.50. The molecule has 2 saturated heterocycles. The van der Waals surface area contributed by atoms with E-state index >= 15 is 0 Å². The number of hydrogen-bond acceptors (Lipinski definition) is 6. The van der Waals surface area contributed by atoms with Gasteiger partial charge in [-0.05, 0) is 31.4 Å². The summed E-state index contributed by atoms with van der Waals surface area (Å²) in [5, 5.41) is 4.08. The van der Waals surface area contributed by atoms with Crippen molar-refractivity contribution in [1.82, 2.24) is 15.1 Å². The molecule has 98 valence electrons. The van der Waals surface area contributed by atoms with E-state index in [1.54, 1.807) is 6.07 Å². The highest BCUT2D eigenvalue weighted by atomic mass is 16.5. The quantitative estimate of drug-likeness (QED) is 0.883. The summed E-state index contributed by atoms with van der Waals surface area (Å²) in [6.45, 7) is 0. The third kappa shape index (κ3) is 1.79. The molecule has 2 aromatic heterocycles. The second kappa shape index (κ2) is 4.03. The van der Waals surface area contributed by atoms with E-state index in [1.165, 1.54) is 0 Å². The molecule has 6 nitrogen and oxygen atoms in total. The number of nitrogen functional groups attached to an aromatic ring is 1. The van der Waals surface area contributed by atoms with Crippen LogP contribution in [0.1, 0.15) is 31.0 Å². The predicted molar refractivity (Wildman–Crippen MR) is 67.2 cm³/mol. The molecule has 2 fully saturated rings. The van der Waals surface area contributed by atoms with Crippen LogP contribution in [0.4, 0.5) is 5.82 Å². The average molecular weight is 258 g/mol. The maximum atomic E-state index is 5.82. The van der Waals surface area contributed by atoms with E-state index in [-0.39, 0.29) is 12.0 Å². The highest BCUT2D eigenvalue weighted by Gasteiger charge is 2.43. The lowest BCUT2D eigenvalue weighted by Crippen LogP contribution is -2.15. The zero-order valence-corrected chi connectivity index (χ0v) is 10.3. The van der Waals surface area contributed by atoms with Crippen LogP contribution in [0.2, 0.25) is 0 Å². The molecule has 2 aromatic rings. The Labute approximate surface area is 110 Å². The number of anilines is 1. The second-order valence-electron chi connectivity index (χ2n) is 5.12. The van der Waals surface area contributed by atoms with Crippen LogP contribution in [0.25, 0.3) is 11.6 Å². The van der Waals surface area contributed by atoms with Gasteiger partial charge in [-0.1, -0.05) is 11.2 Å². The summed E-state index contributed by atoms with van der Waals surface area (Å²) in [7, 11) is 0. The van der Waals surface area contributed by atoms with Crippen LogP contribution in [-0.4, -0.2) is 27.3 Å². The predicted octanol–water partition coefficient (Wildman–Crippen LogP) is 1.75. The molecule has 3 atom stereocenters. The number of aromatic nitrogens is 3. The second-order valence-corrected chi connectivity index (χ2v) is 5.12. The lowest BCUT2D eigenvalue weighted by atomic mass is 9.89. The van der Waals surface area contributed by atoms with E-state index in [0.717, 1.165) is 25.1 Å². The fourth-order valence-electron chi connectivity index (χ4n) is 2.97. The Kier molecular flexibility index (Phi) is 2.32. The zero-order chi connectivity index (χ0) is 12.8. The number of hydrogen-bond donors (Lipinski definition) is 1. The van der Waals surface area contributed by atoms with Gasteiger partial charge in [-0.15, -0.1) is 0 Å². The molecule has 0 spiro atoms. The molecular formula is C13H14N4O2. The third-order valence-electron chi connectivity index (χ3n) is 3.87. The first kappa shape index (κ1) is 10.9. The van der Waals surface area contributed by atoms with Crippen LogP contribution in [0.5, 0.6) is 0 Å². The van der Waals surface area contributed by atoms with Gasteiger partial charge < -0.3 is 15.0 Å². The van der Waals surface area contributed by atoms with E-state index in [2.05, 4.69) is 15.1 Å². The number of fused-ring (bicyclic) bond motifs is 2. The van der Waals surface area contributed by atoms with Crippen molar-refractivity contribution in [3.63, 3.8) is 0 Å². The van der Waals surface area contributed by atoms with Crippen LogP contribution < -0.4 is 5.73 Å². The molecule has 3 unspecified atom stereocenters. The SMILES string of the molecule is Nc1cccc(-c2nc(C3CC4CCC3O4)no2)n1. The summed E-state index contributed by atoms with van der Waals surface area (Å²) in [5.41, 5.74) is 6.27. The Morgan fingerprint density at radius 2 is 2.16 bits per heavy atom. The zero-order valence-electron chi connectivity index (χ0n) is 10.3. The molecule has 2 aliphatic heterocycles. The van der Waals surface area contributed by atoms with E-state index in [1.807, 2.05) is 12.1 Å².